The Balaban J connectivity index is 2.17. The summed E-state index contributed by atoms with van der Waals surface area (Å²) in [6.07, 6.45) is -0.642. The summed E-state index contributed by atoms with van der Waals surface area (Å²) in [4.78, 5) is 37.6. The minimum atomic E-state index is -1.16. The third-order valence-corrected chi connectivity index (χ3v) is 4.83. The Morgan fingerprint density at radius 2 is 1.58 bits per heavy atom. The molecule has 2 rings (SSSR count). The summed E-state index contributed by atoms with van der Waals surface area (Å²) in [7, 11) is 0. The Hall–Kier alpha value is -3.55. The Bertz CT molecular complexity index is 965. The first-order valence-electron chi connectivity index (χ1n) is 10.7. The molecule has 0 saturated carbocycles. The van der Waals surface area contributed by atoms with Gasteiger partial charge in [-0.05, 0) is 56.9 Å². The van der Waals surface area contributed by atoms with Crippen molar-refractivity contribution in [2.24, 2.45) is 5.73 Å². The monoisotopic (exact) mass is 456 g/mol. The van der Waals surface area contributed by atoms with Crippen LogP contribution in [0.4, 0.5) is 4.79 Å². The summed E-state index contributed by atoms with van der Waals surface area (Å²) >= 11 is 0. The van der Waals surface area contributed by atoms with Gasteiger partial charge in [-0.25, -0.2) is 9.59 Å². The van der Waals surface area contributed by atoms with Gasteiger partial charge in [-0.1, -0.05) is 42.5 Å². The summed E-state index contributed by atoms with van der Waals surface area (Å²) in [5, 5.41) is 0. The minimum Gasteiger partial charge on any atom is -0.476 e. The van der Waals surface area contributed by atoms with Crippen LogP contribution in [-0.2, 0) is 32.2 Å². The largest absolute Gasteiger partial charge is 0.476 e. The van der Waals surface area contributed by atoms with Crippen molar-refractivity contribution >= 4 is 18.0 Å². The fraction of sp³-hybridized carbons (Fsp3) is 0.400. The Labute approximate surface area is 194 Å². The van der Waals surface area contributed by atoms with Gasteiger partial charge in [-0.15, -0.1) is 0 Å². The predicted octanol–water partition coefficient (Wildman–Crippen LogP) is 3.65. The van der Waals surface area contributed by atoms with Crippen LogP contribution in [-0.4, -0.2) is 41.6 Å². The molecule has 2 aromatic rings. The first-order valence-corrected chi connectivity index (χ1v) is 10.7. The van der Waals surface area contributed by atoms with E-state index in [9.17, 15) is 14.4 Å². The van der Waals surface area contributed by atoms with Crippen molar-refractivity contribution in [2.45, 2.75) is 53.4 Å². The van der Waals surface area contributed by atoms with Crippen LogP contribution in [0.15, 0.2) is 42.5 Å². The summed E-state index contributed by atoms with van der Waals surface area (Å²) in [5.41, 5.74) is 7.34. The number of ether oxygens (including phenoxy) is 3. The quantitative estimate of drug-likeness (QED) is 0.547. The molecular weight excluding hydrogens is 424 g/mol. The van der Waals surface area contributed by atoms with E-state index in [4.69, 9.17) is 19.9 Å². The number of esters is 1. The van der Waals surface area contributed by atoms with Crippen molar-refractivity contribution in [3.05, 3.63) is 64.7 Å². The number of carbonyl (C=O) groups excluding carboxylic acids is 3. The van der Waals surface area contributed by atoms with Crippen LogP contribution in [0.3, 0.4) is 0 Å². The maximum absolute atomic E-state index is 12.6. The predicted molar refractivity (Wildman–Crippen MR) is 123 cm³/mol. The fourth-order valence-electron chi connectivity index (χ4n) is 3.30. The van der Waals surface area contributed by atoms with Gasteiger partial charge in [0.15, 0.2) is 5.60 Å². The SMILES string of the molecule is CCOC(=O)C(C)(C)Oc1c(C)cc(CN(CC(N)=O)C(=O)OCc2ccccc2)cc1C. The van der Waals surface area contributed by atoms with Crippen LogP contribution in [0.25, 0.3) is 0 Å². The Kier molecular flexibility index (Phi) is 8.85. The van der Waals surface area contributed by atoms with Crippen molar-refractivity contribution in [1.29, 1.82) is 0 Å². The van der Waals surface area contributed by atoms with Crippen LogP contribution < -0.4 is 10.5 Å². The molecule has 0 aliphatic carbocycles. The lowest BCUT2D eigenvalue weighted by atomic mass is 10.0. The van der Waals surface area contributed by atoms with E-state index in [0.29, 0.717) is 5.75 Å². The smallest absolute Gasteiger partial charge is 0.410 e. The highest BCUT2D eigenvalue weighted by Crippen LogP contribution is 2.29. The maximum atomic E-state index is 12.6. The number of hydrogen-bond donors (Lipinski definition) is 1. The van der Waals surface area contributed by atoms with Gasteiger partial charge in [-0.3, -0.25) is 9.69 Å². The molecule has 0 radical (unpaired) electrons. The van der Waals surface area contributed by atoms with E-state index < -0.39 is 23.6 Å². The van der Waals surface area contributed by atoms with E-state index in [2.05, 4.69) is 0 Å². The summed E-state index contributed by atoms with van der Waals surface area (Å²) in [6.45, 7) is 8.92. The van der Waals surface area contributed by atoms with Crippen LogP contribution >= 0.6 is 0 Å². The average molecular weight is 457 g/mol. The molecule has 0 aliphatic heterocycles. The molecule has 8 nitrogen and oxygen atoms in total. The zero-order valence-electron chi connectivity index (χ0n) is 19.8. The molecule has 0 fully saturated rings. The zero-order chi connectivity index (χ0) is 24.6. The van der Waals surface area contributed by atoms with Crippen molar-refractivity contribution in [2.75, 3.05) is 13.2 Å². The number of nitrogens with zero attached hydrogens (tertiary/aromatic N) is 1. The van der Waals surface area contributed by atoms with Crippen molar-refractivity contribution < 1.29 is 28.6 Å². The van der Waals surface area contributed by atoms with E-state index >= 15 is 0 Å². The van der Waals surface area contributed by atoms with Gasteiger partial charge in [0.1, 0.15) is 18.9 Å². The third kappa shape index (κ3) is 7.52. The third-order valence-electron chi connectivity index (χ3n) is 4.83. The molecule has 0 heterocycles. The molecule has 0 bridgehead atoms. The number of primary amides is 1. The minimum absolute atomic E-state index is 0.0860. The maximum Gasteiger partial charge on any atom is 0.410 e. The number of hydrogen-bond acceptors (Lipinski definition) is 6. The average Bonchev–Trinajstić information content (AvgIpc) is 2.75. The van der Waals surface area contributed by atoms with Gasteiger partial charge in [0.25, 0.3) is 0 Å². The number of amides is 2. The zero-order valence-corrected chi connectivity index (χ0v) is 19.8. The van der Waals surface area contributed by atoms with Gasteiger partial charge in [0.2, 0.25) is 5.91 Å². The van der Waals surface area contributed by atoms with Gasteiger partial charge < -0.3 is 19.9 Å². The van der Waals surface area contributed by atoms with E-state index in [1.54, 1.807) is 20.8 Å². The molecule has 8 heteroatoms. The second-order valence-corrected chi connectivity index (χ2v) is 8.25. The molecule has 0 aliphatic rings. The number of aryl methyl sites for hydroxylation is 2. The first-order chi connectivity index (χ1) is 15.5. The van der Waals surface area contributed by atoms with Gasteiger partial charge in [0, 0.05) is 6.54 Å². The lowest BCUT2D eigenvalue weighted by molar-refractivity contribution is -0.158. The Morgan fingerprint density at radius 3 is 2.12 bits per heavy atom. The molecule has 0 aromatic heterocycles. The van der Waals surface area contributed by atoms with Crippen molar-refractivity contribution in [3.8, 4) is 5.75 Å². The lowest BCUT2D eigenvalue weighted by Gasteiger charge is -2.27. The van der Waals surface area contributed by atoms with Crippen LogP contribution in [0.5, 0.6) is 5.75 Å². The Morgan fingerprint density at radius 1 is 0.970 bits per heavy atom. The van der Waals surface area contributed by atoms with Crippen molar-refractivity contribution in [3.63, 3.8) is 0 Å². The molecule has 0 spiro atoms. The van der Waals surface area contributed by atoms with Crippen LogP contribution in [0.1, 0.15) is 43.0 Å². The second kappa shape index (κ2) is 11.4. The van der Waals surface area contributed by atoms with Gasteiger partial charge >= 0.3 is 12.1 Å². The van der Waals surface area contributed by atoms with E-state index in [1.807, 2.05) is 56.3 Å². The fourth-order valence-corrected chi connectivity index (χ4v) is 3.30. The number of rotatable bonds is 10. The van der Waals surface area contributed by atoms with E-state index in [0.717, 1.165) is 22.3 Å². The summed E-state index contributed by atoms with van der Waals surface area (Å²) < 4.78 is 16.4. The molecular formula is C25H32N2O6. The highest BCUT2D eigenvalue weighted by atomic mass is 16.6. The van der Waals surface area contributed by atoms with Gasteiger partial charge in [-0.2, -0.15) is 0 Å². The first kappa shape index (κ1) is 25.7. The number of carbonyl (C=O) groups is 3. The molecule has 0 atom stereocenters. The van der Waals surface area contributed by atoms with Crippen LogP contribution in [0.2, 0.25) is 0 Å². The molecule has 33 heavy (non-hydrogen) atoms. The molecule has 0 saturated heterocycles. The topological polar surface area (TPSA) is 108 Å². The molecule has 2 N–H and O–H groups in total. The summed E-state index contributed by atoms with van der Waals surface area (Å²) in [5.74, 6) is -0.539. The normalized spacial score (nSPS) is 10.9. The lowest BCUT2D eigenvalue weighted by Crippen LogP contribution is -2.40. The van der Waals surface area contributed by atoms with E-state index in [-0.39, 0.29) is 26.3 Å². The molecule has 0 unspecified atom stereocenters. The highest BCUT2D eigenvalue weighted by molar-refractivity contribution is 5.81. The second-order valence-electron chi connectivity index (χ2n) is 8.25. The van der Waals surface area contributed by atoms with E-state index in [1.165, 1.54) is 4.90 Å². The number of nitrogens with two attached hydrogens (primary N) is 1. The molecule has 2 amide bonds. The number of benzene rings is 2. The molecule has 178 valence electrons. The van der Waals surface area contributed by atoms with Gasteiger partial charge in [0.05, 0.1) is 6.61 Å². The van der Waals surface area contributed by atoms with Crippen LogP contribution in [0, 0.1) is 13.8 Å². The van der Waals surface area contributed by atoms with Crippen molar-refractivity contribution in [1.82, 2.24) is 4.90 Å². The highest BCUT2D eigenvalue weighted by Gasteiger charge is 2.32. The molecule has 2 aromatic carbocycles. The summed E-state index contributed by atoms with van der Waals surface area (Å²) in [6, 6.07) is 12.9. The standard InChI is InChI=1S/C25H32N2O6/c1-6-31-23(29)25(4,5)33-22-17(2)12-20(13-18(22)3)14-27(15-21(26)28)24(30)32-16-19-10-8-7-9-11-19/h7-13H,6,14-16H2,1-5H3,(H2,26,28).